The minimum Gasteiger partial charge on any atom is -0.352 e. The molecule has 1 atom stereocenters. The molecule has 150 valence electrons. The van der Waals surface area contributed by atoms with Crippen molar-refractivity contribution in [2.45, 2.75) is 12.5 Å². The number of piperazine rings is 1. The summed E-state index contributed by atoms with van der Waals surface area (Å²) in [7, 11) is 2.19. The zero-order valence-electron chi connectivity index (χ0n) is 17.1. The van der Waals surface area contributed by atoms with Crippen LogP contribution in [0.5, 0.6) is 0 Å². The summed E-state index contributed by atoms with van der Waals surface area (Å²) in [5, 5.41) is 5.23. The van der Waals surface area contributed by atoms with Gasteiger partial charge in [0.1, 0.15) is 0 Å². The van der Waals surface area contributed by atoms with E-state index >= 15 is 0 Å². The first-order chi connectivity index (χ1) is 14.2. The summed E-state index contributed by atoms with van der Waals surface area (Å²) >= 11 is 0. The normalized spacial score (nSPS) is 18.0. The highest BCUT2D eigenvalue weighted by Crippen LogP contribution is 2.24. The van der Waals surface area contributed by atoms with E-state index in [4.69, 9.17) is 0 Å². The molecule has 29 heavy (non-hydrogen) atoms. The summed E-state index contributed by atoms with van der Waals surface area (Å²) < 4.78 is 0. The average Bonchev–Trinajstić information content (AvgIpc) is 2.77. The van der Waals surface area contributed by atoms with Crippen molar-refractivity contribution in [3.63, 3.8) is 0 Å². The summed E-state index contributed by atoms with van der Waals surface area (Å²) in [5.74, 6) is 0.0137. The Morgan fingerprint density at radius 3 is 2.59 bits per heavy atom. The Morgan fingerprint density at radius 2 is 1.72 bits per heavy atom. The number of benzene rings is 3. The third-order valence-corrected chi connectivity index (χ3v) is 5.82. The number of rotatable bonds is 6. The maximum atomic E-state index is 12.7. The first kappa shape index (κ1) is 19.6. The Labute approximate surface area is 173 Å². The van der Waals surface area contributed by atoms with E-state index in [1.807, 2.05) is 42.5 Å². The van der Waals surface area contributed by atoms with Crippen molar-refractivity contribution in [3.8, 4) is 0 Å². The lowest BCUT2D eigenvalue weighted by Crippen LogP contribution is -2.47. The van der Waals surface area contributed by atoms with Gasteiger partial charge in [-0.15, -0.1) is 0 Å². The van der Waals surface area contributed by atoms with Crippen molar-refractivity contribution in [1.82, 2.24) is 15.1 Å². The molecule has 1 fully saturated rings. The number of nitrogens with one attached hydrogen (secondary N) is 1. The molecule has 3 aromatic rings. The van der Waals surface area contributed by atoms with Crippen LogP contribution in [0.2, 0.25) is 0 Å². The fraction of sp³-hybridized carbons (Fsp3) is 0.320. The van der Waals surface area contributed by atoms with Crippen molar-refractivity contribution in [2.75, 3.05) is 39.8 Å². The van der Waals surface area contributed by atoms with Gasteiger partial charge in [-0.25, -0.2) is 0 Å². The standard InChI is InChI=1S/C25H29N3O/c1-27-17-18-28(24(19-27)21-10-3-2-4-11-21)16-8-15-26-25(29)23-14-7-12-20-9-5-6-13-22(20)23/h2-7,9-14,24H,8,15-19H2,1H3,(H,26,29). The van der Waals surface area contributed by atoms with Crippen LogP contribution < -0.4 is 5.32 Å². The highest BCUT2D eigenvalue weighted by atomic mass is 16.1. The summed E-state index contributed by atoms with van der Waals surface area (Å²) in [6.45, 7) is 4.88. The second-order valence-electron chi connectivity index (χ2n) is 7.86. The largest absolute Gasteiger partial charge is 0.352 e. The minimum atomic E-state index is 0.0137. The van der Waals surface area contributed by atoms with Crippen LogP contribution in [-0.2, 0) is 0 Å². The second kappa shape index (κ2) is 9.21. The van der Waals surface area contributed by atoms with Gasteiger partial charge in [-0.2, -0.15) is 0 Å². The molecule has 0 bridgehead atoms. The summed E-state index contributed by atoms with van der Waals surface area (Å²) in [4.78, 5) is 17.7. The van der Waals surface area contributed by atoms with Gasteiger partial charge in [-0.1, -0.05) is 66.7 Å². The molecule has 0 aliphatic carbocycles. The molecule has 0 aromatic heterocycles. The molecule has 1 N–H and O–H groups in total. The van der Waals surface area contributed by atoms with Crippen molar-refractivity contribution in [1.29, 1.82) is 0 Å². The van der Waals surface area contributed by atoms with Crippen LogP contribution in [0.25, 0.3) is 10.8 Å². The number of likely N-dealkylation sites (N-methyl/N-ethyl adjacent to an activating group) is 1. The average molecular weight is 388 g/mol. The first-order valence-electron chi connectivity index (χ1n) is 10.5. The molecular formula is C25H29N3O. The van der Waals surface area contributed by atoms with Crippen LogP contribution in [0.15, 0.2) is 72.8 Å². The summed E-state index contributed by atoms with van der Waals surface area (Å²) in [6, 6.07) is 25.1. The SMILES string of the molecule is CN1CCN(CCCNC(=O)c2cccc3ccccc23)C(c2ccccc2)C1. The summed E-state index contributed by atoms with van der Waals surface area (Å²) in [6.07, 6.45) is 0.948. The van der Waals surface area contributed by atoms with E-state index in [-0.39, 0.29) is 5.91 Å². The van der Waals surface area contributed by atoms with Gasteiger partial charge in [-0.05, 0) is 35.9 Å². The van der Waals surface area contributed by atoms with Crippen LogP contribution in [0.4, 0.5) is 0 Å². The third-order valence-electron chi connectivity index (χ3n) is 5.82. The predicted molar refractivity (Wildman–Crippen MR) is 119 cm³/mol. The lowest BCUT2D eigenvalue weighted by Gasteiger charge is -2.40. The summed E-state index contributed by atoms with van der Waals surface area (Å²) in [5.41, 5.74) is 2.13. The molecule has 1 aliphatic rings. The van der Waals surface area contributed by atoms with Crippen molar-refractivity contribution in [2.24, 2.45) is 0 Å². The zero-order valence-corrected chi connectivity index (χ0v) is 17.1. The molecule has 0 spiro atoms. The van der Waals surface area contributed by atoms with E-state index in [1.54, 1.807) is 0 Å². The fourth-order valence-electron chi connectivity index (χ4n) is 4.22. The van der Waals surface area contributed by atoms with Crippen LogP contribution in [-0.4, -0.2) is 55.5 Å². The van der Waals surface area contributed by atoms with Gasteiger partial charge in [-0.3, -0.25) is 9.69 Å². The Kier molecular flexibility index (Phi) is 6.23. The molecular weight excluding hydrogens is 358 g/mol. The number of fused-ring (bicyclic) bond motifs is 1. The molecule has 4 rings (SSSR count). The molecule has 3 aromatic carbocycles. The topological polar surface area (TPSA) is 35.6 Å². The van der Waals surface area contributed by atoms with E-state index in [2.05, 4.69) is 52.5 Å². The number of hydrogen-bond donors (Lipinski definition) is 1. The van der Waals surface area contributed by atoms with Gasteiger partial charge < -0.3 is 10.2 Å². The van der Waals surface area contributed by atoms with Crippen LogP contribution in [0, 0.1) is 0 Å². The number of nitrogens with zero attached hydrogens (tertiary/aromatic N) is 2. The number of carbonyl (C=O) groups is 1. The monoisotopic (exact) mass is 387 g/mol. The van der Waals surface area contributed by atoms with Crippen molar-refractivity contribution < 1.29 is 4.79 Å². The highest BCUT2D eigenvalue weighted by Gasteiger charge is 2.25. The maximum absolute atomic E-state index is 12.7. The van der Waals surface area contributed by atoms with Crippen LogP contribution in [0.1, 0.15) is 28.4 Å². The van der Waals surface area contributed by atoms with Crippen LogP contribution in [0.3, 0.4) is 0 Å². The van der Waals surface area contributed by atoms with E-state index in [0.717, 1.165) is 48.9 Å². The predicted octanol–water partition coefficient (Wildman–Crippen LogP) is 3.95. The molecule has 4 heteroatoms. The lowest BCUT2D eigenvalue weighted by atomic mass is 10.0. The smallest absolute Gasteiger partial charge is 0.251 e. The Morgan fingerprint density at radius 1 is 0.966 bits per heavy atom. The number of amides is 1. The molecule has 1 aliphatic heterocycles. The second-order valence-corrected chi connectivity index (χ2v) is 7.86. The first-order valence-corrected chi connectivity index (χ1v) is 10.5. The van der Waals surface area contributed by atoms with Crippen molar-refractivity contribution in [3.05, 3.63) is 83.9 Å². The molecule has 1 amide bonds. The van der Waals surface area contributed by atoms with E-state index in [9.17, 15) is 4.79 Å². The van der Waals surface area contributed by atoms with Crippen LogP contribution >= 0.6 is 0 Å². The molecule has 1 saturated heterocycles. The number of carbonyl (C=O) groups excluding carboxylic acids is 1. The Bertz CT molecular complexity index is 951. The van der Waals surface area contributed by atoms with Gasteiger partial charge in [0, 0.05) is 44.3 Å². The van der Waals surface area contributed by atoms with Gasteiger partial charge in [0.05, 0.1) is 0 Å². The van der Waals surface area contributed by atoms with E-state index in [0.29, 0.717) is 12.6 Å². The van der Waals surface area contributed by atoms with E-state index in [1.165, 1.54) is 5.56 Å². The lowest BCUT2D eigenvalue weighted by molar-refractivity contribution is 0.0866. The minimum absolute atomic E-state index is 0.0137. The van der Waals surface area contributed by atoms with E-state index < -0.39 is 0 Å². The van der Waals surface area contributed by atoms with Gasteiger partial charge in [0.25, 0.3) is 5.91 Å². The van der Waals surface area contributed by atoms with Gasteiger partial charge in [0.2, 0.25) is 0 Å². The highest BCUT2D eigenvalue weighted by molar-refractivity contribution is 6.06. The number of hydrogen-bond acceptors (Lipinski definition) is 3. The Balaban J connectivity index is 1.34. The molecule has 1 heterocycles. The van der Waals surface area contributed by atoms with Gasteiger partial charge in [0.15, 0.2) is 0 Å². The van der Waals surface area contributed by atoms with Crippen molar-refractivity contribution >= 4 is 16.7 Å². The molecule has 4 nitrogen and oxygen atoms in total. The molecule has 0 saturated carbocycles. The molecule has 0 radical (unpaired) electrons. The third kappa shape index (κ3) is 4.66. The zero-order chi connectivity index (χ0) is 20.1. The Hall–Kier alpha value is -2.69. The maximum Gasteiger partial charge on any atom is 0.251 e. The van der Waals surface area contributed by atoms with Gasteiger partial charge >= 0.3 is 0 Å². The fourth-order valence-corrected chi connectivity index (χ4v) is 4.22. The quantitative estimate of drug-likeness (QED) is 0.651. The molecule has 1 unspecified atom stereocenters.